The molecule has 0 aliphatic rings. The molecule has 0 fully saturated rings. The first-order chi connectivity index (χ1) is 12.9. The zero-order valence-electron chi connectivity index (χ0n) is 14.0. The van der Waals surface area contributed by atoms with Gasteiger partial charge in [0.1, 0.15) is 6.61 Å². The number of halogens is 6. The average molecular weight is 476 g/mol. The van der Waals surface area contributed by atoms with Crippen LogP contribution in [0.15, 0.2) is 41.6 Å². The van der Waals surface area contributed by atoms with Gasteiger partial charge in [0, 0.05) is 10.6 Å². The van der Waals surface area contributed by atoms with Gasteiger partial charge in [-0.1, -0.05) is 46.0 Å². The number of benzene rings is 2. The van der Waals surface area contributed by atoms with E-state index in [4.69, 9.17) is 39.6 Å². The Kier molecular flexibility index (Phi) is 7.08. The van der Waals surface area contributed by atoms with Crippen molar-refractivity contribution in [2.75, 3.05) is 4.72 Å². The third-order valence-corrected chi connectivity index (χ3v) is 5.41. The lowest BCUT2D eigenvalue weighted by atomic mass is 10.1. The minimum absolute atomic E-state index is 0.00158. The summed E-state index contributed by atoms with van der Waals surface area (Å²) in [6.07, 6.45) is 0. The fourth-order valence-corrected chi connectivity index (χ4v) is 3.07. The van der Waals surface area contributed by atoms with E-state index in [0.29, 0.717) is 15.6 Å². The number of hydrogen-bond acceptors (Lipinski definition) is 4. The molecule has 0 saturated carbocycles. The molecule has 0 aromatic heterocycles. The SMILES string of the molecule is C/C(=N\OCc1ccc(Cl)c(Cl)c1)c1cc(Cl)ccc1NS(=O)(=O)C(F)(F)F. The highest BCUT2D eigenvalue weighted by atomic mass is 35.5. The van der Waals surface area contributed by atoms with Gasteiger partial charge < -0.3 is 4.84 Å². The van der Waals surface area contributed by atoms with Crippen molar-refractivity contribution in [1.29, 1.82) is 0 Å². The molecular formula is C16H12Cl3F3N2O3S. The zero-order chi connectivity index (χ0) is 21.1. The van der Waals surface area contributed by atoms with Crippen LogP contribution in [0, 0.1) is 0 Å². The summed E-state index contributed by atoms with van der Waals surface area (Å²) in [7, 11) is -5.61. The van der Waals surface area contributed by atoms with Crippen LogP contribution < -0.4 is 4.72 Å². The molecule has 2 rings (SSSR count). The molecule has 0 unspecified atom stereocenters. The number of oxime groups is 1. The molecule has 0 heterocycles. The molecule has 0 bridgehead atoms. The van der Waals surface area contributed by atoms with Crippen LogP contribution in [-0.2, 0) is 21.5 Å². The predicted octanol–water partition coefficient (Wildman–Crippen LogP) is 5.85. The summed E-state index contributed by atoms with van der Waals surface area (Å²) >= 11 is 17.6. The molecule has 0 saturated heterocycles. The fourth-order valence-electron chi connectivity index (χ4n) is 1.99. The highest BCUT2D eigenvalue weighted by Crippen LogP contribution is 2.29. The largest absolute Gasteiger partial charge is 0.516 e. The van der Waals surface area contributed by atoms with Crippen molar-refractivity contribution in [3.8, 4) is 0 Å². The van der Waals surface area contributed by atoms with Gasteiger partial charge in [0.2, 0.25) is 0 Å². The Labute approximate surface area is 174 Å². The second-order valence-electron chi connectivity index (χ2n) is 5.44. The fraction of sp³-hybridized carbons (Fsp3) is 0.188. The first-order valence-corrected chi connectivity index (χ1v) is 10.0. The van der Waals surface area contributed by atoms with Crippen molar-refractivity contribution in [2.24, 2.45) is 5.16 Å². The van der Waals surface area contributed by atoms with Crippen molar-refractivity contribution in [1.82, 2.24) is 0 Å². The van der Waals surface area contributed by atoms with Gasteiger partial charge in [0.15, 0.2) is 0 Å². The Morgan fingerprint density at radius 1 is 1.11 bits per heavy atom. The zero-order valence-corrected chi connectivity index (χ0v) is 17.1. The molecule has 12 heteroatoms. The van der Waals surface area contributed by atoms with E-state index < -0.39 is 15.5 Å². The van der Waals surface area contributed by atoms with Crippen LogP contribution in [-0.4, -0.2) is 19.6 Å². The standard InChI is InChI=1S/C16H12Cl3F3N2O3S/c1-9(23-27-8-10-2-4-13(18)14(19)6-10)12-7-11(17)3-5-15(12)24-28(25,26)16(20,21)22/h2-7,24H,8H2,1H3/b23-9+. The lowest BCUT2D eigenvalue weighted by molar-refractivity contribution is -0.0429. The Bertz CT molecular complexity index is 1010. The normalized spacial score (nSPS) is 12.8. The number of nitrogens with zero attached hydrogens (tertiary/aromatic N) is 1. The number of hydrogen-bond donors (Lipinski definition) is 1. The lowest BCUT2D eigenvalue weighted by Crippen LogP contribution is -2.30. The summed E-state index contributed by atoms with van der Waals surface area (Å²) in [4.78, 5) is 5.17. The third kappa shape index (κ3) is 5.66. The molecular weight excluding hydrogens is 464 g/mol. The highest BCUT2D eigenvalue weighted by molar-refractivity contribution is 7.93. The molecule has 0 amide bonds. The smallest absolute Gasteiger partial charge is 0.391 e. The number of sulfonamides is 1. The topological polar surface area (TPSA) is 67.8 Å². The van der Waals surface area contributed by atoms with Crippen LogP contribution in [0.4, 0.5) is 18.9 Å². The molecule has 1 N–H and O–H groups in total. The van der Waals surface area contributed by atoms with Gasteiger partial charge in [-0.3, -0.25) is 4.72 Å². The van der Waals surface area contributed by atoms with Crippen molar-refractivity contribution >= 4 is 56.2 Å². The monoisotopic (exact) mass is 474 g/mol. The van der Waals surface area contributed by atoms with Crippen LogP contribution in [0.2, 0.25) is 15.1 Å². The molecule has 2 aromatic rings. The summed E-state index contributed by atoms with van der Waals surface area (Å²) in [5.41, 5.74) is -5.05. The van der Waals surface area contributed by atoms with E-state index in [9.17, 15) is 21.6 Å². The van der Waals surface area contributed by atoms with Crippen molar-refractivity contribution in [3.63, 3.8) is 0 Å². The average Bonchev–Trinajstić information content (AvgIpc) is 2.58. The molecule has 0 aliphatic carbocycles. The van der Waals surface area contributed by atoms with Gasteiger partial charge in [-0.2, -0.15) is 21.6 Å². The molecule has 0 atom stereocenters. The highest BCUT2D eigenvalue weighted by Gasteiger charge is 2.46. The third-order valence-electron chi connectivity index (χ3n) is 3.34. The number of alkyl halides is 3. The van der Waals surface area contributed by atoms with Gasteiger partial charge in [-0.05, 0) is 42.8 Å². The predicted molar refractivity (Wildman–Crippen MR) is 104 cm³/mol. The van der Waals surface area contributed by atoms with E-state index in [1.54, 1.807) is 18.2 Å². The maximum atomic E-state index is 12.6. The van der Waals surface area contributed by atoms with E-state index in [1.165, 1.54) is 23.8 Å². The summed E-state index contributed by atoms with van der Waals surface area (Å²) < 4.78 is 62.1. The van der Waals surface area contributed by atoms with Gasteiger partial charge in [-0.15, -0.1) is 0 Å². The maximum Gasteiger partial charge on any atom is 0.516 e. The van der Waals surface area contributed by atoms with Gasteiger partial charge >= 0.3 is 15.5 Å². The van der Waals surface area contributed by atoms with Crippen LogP contribution in [0.1, 0.15) is 18.1 Å². The van der Waals surface area contributed by atoms with Crippen molar-refractivity contribution in [3.05, 3.63) is 62.6 Å². The van der Waals surface area contributed by atoms with Crippen molar-refractivity contribution < 1.29 is 26.4 Å². The number of nitrogens with one attached hydrogen (secondary N) is 1. The van der Waals surface area contributed by atoms with Crippen LogP contribution in [0.5, 0.6) is 0 Å². The first kappa shape index (κ1) is 22.6. The van der Waals surface area contributed by atoms with Gasteiger partial charge in [-0.25, -0.2) is 0 Å². The van der Waals surface area contributed by atoms with Crippen LogP contribution in [0.3, 0.4) is 0 Å². The van der Waals surface area contributed by atoms with E-state index in [-0.39, 0.29) is 28.6 Å². The summed E-state index contributed by atoms with van der Waals surface area (Å²) in [6.45, 7) is 1.42. The molecule has 28 heavy (non-hydrogen) atoms. The Morgan fingerprint density at radius 3 is 2.39 bits per heavy atom. The van der Waals surface area contributed by atoms with E-state index in [1.807, 2.05) is 0 Å². The van der Waals surface area contributed by atoms with Gasteiger partial charge in [0.25, 0.3) is 0 Å². The minimum atomic E-state index is -5.61. The van der Waals surface area contributed by atoms with Crippen LogP contribution in [0.25, 0.3) is 0 Å². The van der Waals surface area contributed by atoms with E-state index >= 15 is 0 Å². The van der Waals surface area contributed by atoms with Crippen molar-refractivity contribution in [2.45, 2.75) is 19.0 Å². The second-order valence-corrected chi connectivity index (χ2v) is 8.36. The molecule has 2 aromatic carbocycles. The Balaban J connectivity index is 2.24. The van der Waals surface area contributed by atoms with Crippen LogP contribution >= 0.6 is 34.8 Å². The van der Waals surface area contributed by atoms with E-state index in [0.717, 1.165) is 6.07 Å². The summed E-state index contributed by atoms with van der Waals surface area (Å²) in [6, 6.07) is 8.39. The Morgan fingerprint density at radius 2 is 1.79 bits per heavy atom. The molecule has 0 spiro atoms. The lowest BCUT2D eigenvalue weighted by Gasteiger charge is -2.14. The quantitative estimate of drug-likeness (QED) is 0.421. The Hall–Kier alpha value is -1.68. The minimum Gasteiger partial charge on any atom is -0.391 e. The first-order valence-electron chi connectivity index (χ1n) is 7.40. The number of anilines is 1. The molecule has 152 valence electrons. The molecule has 5 nitrogen and oxygen atoms in total. The van der Waals surface area contributed by atoms with E-state index in [2.05, 4.69) is 5.16 Å². The maximum absolute atomic E-state index is 12.6. The summed E-state index contributed by atoms with van der Waals surface area (Å²) in [5, 5.41) is 4.66. The molecule has 0 aliphatic heterocycles. The molecule has 0 radical (unpaired) electrons. The summed E-state index contributed by atoms with van der Waals surface area (Å²) in [5.74, 6) is 0. The number of rotatable bonds is 6. The second kappa shape index (κ2) is 8.77. The van der Waals surface area contributed by atoms with Gasteiger partial charge in [0.05, 0.1) is 21.4 Å².